The molecule has 7 heteroatoms. The second kappa shape index (κ2) is 6.93. The van der Waals surface area contributed by atoms with E-state index in [1.807, 2.05) is 6.92 Å². The zero-order valence-electron chi connectivity index (χ0n) is 11.6. The first-order valence-electron chi connectivity index (χ1n) is 6.50. The van der Waals surface area contributed by atoms with Crippen LogP contribution in [-0.2, 0) is 16.6 Å². The number of hydrogen-bond acceptors (Lipinski definition) is 5. The van der Waals surface area contributed by atoms with Crippen LogP contribution in [0, 0.1) is 0 Å². The molecule has 0 amide bonds. The number of sulfonamides is 1. The predicted molar refractivity (Wildman–Crippen MR) is 83.3 cm³/mol. The van der Waals surface area contributed by atoms with Gasteiger partial charge in [-0.05, 0) is 42.8 Å². The molecule has 1 aromatic heterocycles. The molecule has 2 N–H and O–H groups in total. The summed E-state index contributed by atoms with van der Waals surface area (Å²) in [6, 6.07) is 9.84. The average Bonchev–Trinajstić information content (AvgIpc) is 2.96. The maximum Gasteiger partial charge on any atom is 0.271 e. The molecule has 0 bridgehead atoms. The normalized spacial score (nSPS) is 11.3. The van der Waals surface area contributed by atoms with E-state index in [2.05, 4.69) is 4.72 Å². The minimum Gasteiger partial charge on any atom is -0.494 e. The molecule has 0 radical (unpaired) electrons. The van der Waals surface area contributed by atoms with Crippen molar-refractivity contribution < 1.29 is 18.3 Å². The molecular weight excluding hydrogens is 310 g/mol. The quantitative estimate of drug-likeness (QED) is 0.820. The molecule has 21 heavy (non-hydrogen) atoms. The van der Waals surface area contributed by atoms with Gasteiger partial charge in [0.2, 0.25) is 0 Å². The van der Waals surface area contributed by atoms with Gasteiger partial charge in [0, 0.05) is 10.6 Å². The fraction of sp³-hybridized carbons (Fsp3) is 0.286. The highest BCUT2D eigenvalue weighted by atomic mass is 32.2. The lowest BCUT2D eigenvalue weighted by Gasteiger charge is -2.08. The van der Waals surface area contributed by atoms with Gasteiger partial charge in [0.1, 0.15) is 9.96 Å². The Bertz CT molecular complexity index is 677. The average molecular weight is 327 g/mol. The van der Waals surface area contributed by atoms with Crippen molar-refractivity contribution in [3.63, 3.8) is 0 Å². The lowest BCUT2D eigenvalue weighted by atomic mass is 10.3. The topological polar surface area (TPSA) is 75.6 Å². The van der Waals surface area contributed by atoms with Crippen LogP contribution >= 0.6 is 11.3 Å². The number of aliphatic hydroxyl groups excluding tert-OH is 1. The second-order valence-electron chi connectivity index (χ2n) is 4.36. The smallest absolute Gasteiger partial charge is 0.271 e. The minimum atomic E-state index is -3.62. The number of rotatable bonds is 7. The number of benzene rings is 1. The van der Waals surface area contributed by atoms with Crippen molar-refractivity contribution in [2.45, 2.75) is 24.2 Å². The molecule has 0 spiro atoms. The highest BCUT2D eigenvalue weighted by Crippen LogP contribution is 2.25. The van der Waals surface area contributed by atoms with Crippen LogP contribution in [0.1, 0.15) is 18.2 Å². The Kier molecular flexibility index (Phi) is 5.22. The summed E-state index contributed by atoms with van der Waals surface area (Å²) in [7, 11) is -3.62. The molecular formula is C14H17NO4S2. The minimum absolute atomic E-state index is 0.163. The number of thiophene rings is 1. The standard InChI is InChI=1S/C14H17NO4S2/c1-2-9-19-12-5-3-11(4-6-12)15-21(17,18)14-8-7-13(10-16)20-14/h3-8,15-16H,2,9-10H2,1H3. The highest BCUT2D eigenvalue weighted by Gasteiger charge is 2.16. The Hall–Kier alpha value is -1.57. The van der Waals surface area contributed by atoms with Crippen molar-refractivity contribution in [3.8, 4) is 5.75 Å². The first-order valence-corrected chi connectivity index (χ1v) is 8.80. The third-order valence-corrected chi connectivity index (χ3v) is 5.58. The van der Waals surface area contributed by atoms with Crippen LogP contribution in [0.15, 0.2) is 40.6 Å². The van der Waals surface area contributed by atoms with Gasteiger partial charge >= 0.3 is 0 Å². The Morgan fingerprint density at radius 2 is 1.90 bits per heavy atom. The molecule has 0 atom stereocenters. The van der Waals surface area contributed by atoms with Gasteiger partial charge in [-0.3, -0.25) is 4.72 Å². The fourth-order valence-electron chi connectivity index (χ4n) is 1.63. The van der Waals surface area contributed by atoms with E-state index in [-0.39, 0.29) is 10.8 Å². The number of hydrogen-bond donors (Lipinski definition) is 2. The van der Waals surface area contributed by atoms with Crippen LogP contribution in [0.5, 0.6) is 5.75 Å². The molecule has 0 fully saturated rings. The Morgan fingerprint density at radius 3 is 2.48 bits per heavy atom. The summed E-state index contributed by atoms with van der Waals surface area (Å²) in [4.78, 5) is 0.610. The van der Waals surface area contributed by atoms with Gasteiger partial charge < -0.3 is 9.84 Å². The Labute approximate surface area is 128 Å². The molecule has 0 unspecified atom stereocenters. The Morgan fingerprint density at radius 1 is 1.19 bits per heavy atom. The summed E-state index contributed by atoms with van der Waals surface area (Å²) in [5, 5.41) is 8.99. The zero-order chi connectivity index (χ0) is 15.3. The SMILES string of the molecule is CCCOc1ccc(NS(=O)(=O)c2ccc(CO)s2)cc1. The third kappa shape index (κ3) is 4.20. The zero-order valence-corrected chi connectivity index (χ0v) is 13.2. The van der Waals surface area contributed by atoms with Crippen LogP contribution in [0.4, 0.5) is 5.69 Å². The van der Waals surface area contributed by atoms with Crippen LogP contribution in [0.3, 0.4) is 0 Å². The molecule has 114 valence electrons. The summed E-state index contributed by atoms with van der Waals surface area (Å²) < 4.78 is 32.5. The van der Waals surface area contributed by atoms with E-state index in [4.69, 9.17) is 9.84 Å². The molecule has 0 aliphatic carbocycles. The van der Waals surface area contributed by atoms with Gasteiger partial charge in [0.05, 0.1) is 13.2 Å². The van der Waals surface area contributed by atoms with E-state index < -0.39 is 10.0 Å². The molecule has 0 saturated heterocycles. The summed E-state index contributed by atoms with van der Waals surface area (Å²) in [5.74, 6) is 0.707. The first kappa shape index (κ1) is 15.8. The van der Waals surface area contributed by atoms with E-state index in [0.717, 1.165) is 17.8 Å². The van der Waals surface area contributed by atoms with Crippen LogP contribution in [0.2, 0.25) is 0 Å². The van der Waals surface area contributed by atoms with Crippen LogP contribution < -0.4 is 9.46 Å². The van der Waals surface area contributed by atoms with E-state index in [9.17, 15) is 8.42 Å². The second-order valence-corrected chi connectivity index (χ2v) is 7.43. The maximum atomic E-state index is 12.2. The maximum absolute atomic E-state index is 12.2. The van der Waals surface area contributed by atoms with E-state index in [0.29, 0.717) is 22.9 Å². The van der Waals surface area contributed by atoms with E-state index in [1.165, 1.54) is 6.07 Å². The van der Waals surface area contributed by atoms with Crippen molar-refractivity contribution in [2.24, 2.45) is 0 Å². The van der Waals surface area contributed by atoms with Gasteiger partial charge in [-0.25, -0.2) is 8.42 Å². The number of ether oxygens (including phenoxy) is 1. The fourth-order valence-corrected chi connectivity index (χ4v) is 3.91. The summed E-state index contributed by atoms with van der Waals surface area (Å²) in [6.45, 7) is 2.48. The summed E-state index contributed by atoms with van der Waals surface area (Å²) in [6.07, 6.45) is 0.917. The van der Waals surface area contributed by atoms with Gasteiger partial charge in [0.15, 0.2) is 0 Å². The number of anilines is 1. The molecule has 2 rings (SSSR count). The van der Waals surface area contributed by atoms with Crippen molar-refractivity contribution in [1.29, 1.82) is 0 Å². The molecule has 0 aliphatic heterocycles. The van der Waals surface area contributed by atoms with Gasteiger partial charge in [0.25, 0.3) is 10.0 Å². The van der Waals surface area contributed by atoms with Gasteiger partial charge in [-0.1, -0.05) is 6.92 Å². The Balaban J connectivity index is 2.09. The number of aliphatic hydroxyl groups is 1. The molecule has 0 aliphatic rings. The molecule has 0 saturated carbocycles. The highest BCUT2D eigenvalue weighted by molar-refractivity contribution is 7.94. The van der Waals surface area contributed by atoms with Gasteiger partial charge in [-0.15, -0.1) is 11.3 Å². The molecule has 1 aromatic carbocycles. The lowest BCUT2D eigenvalue weighted by Crippen LogP contribution is -2.11. The van der Waals surface area contributed by atoms with Gasteiger partial charge in [-0.2, -0.15) is 0 Å². The molecule has 2 aromatic rings. The molecule has 1 heterocycles. The summed E-state index contributed by atoms with van der Waals surface area (Å²) in [5.41, 5.74) is 0.470. The third-order valence-electron chi connectivity index (χ3n) is 2.64. The van der Waals surface area contributed by atoms with Crippen molar-refractivity contribution in [3.05, 3.63) is 41.3 Å². The lowest BCUT2D eigenvalue weighted by molar-refractivity contribution is 0.285. The monoisotopic (exact) mass is 327 g/mol. The largest absolute Gasteiger partial charge is 0.494 e. The summed E-state index contributed by atoms with van der Waals surface area (Å²) >= 11 is 1.05. The number of nitrogens with one attached hydrogen (secondary N) is 1. The van der Waals surface area contributed by atoms with E-state index >= 15 is 0 Å². The van der Waals surface area contributed by atoms with Crippen LogP contribution in [0.25, 0.3) is 0 Å². The molecule has 5 nitrogen and oxygen atoms in total. The predicted octanol–water partition coefficient (Wildman–Crippen LogP) is 2.83. The first-order chi connectivity index (χ1) is 10.0. The van der Waals surface area contributed by atoms with Crippen molar-refractivity contribution in [1.82, 2.24) is 0 Å². The van der Waals surface area contributed by atoms with Crippen molar-refractivity contribution in [2.75, 3.05) is 11.3 Å². The van der Waals surface area contributed by atoms with Crippen molar-refractivity contribution >= 4 is 27.0 Å². The van der Waals surface area contributed by atoms with E-state index in [1.54, 1.807) is 30.3 Å². The van der Waals surface area contributed by atoms with Crippen LogP contribution in [-0.4, -0.2) is 20.1 Å².